The molecule has 0 bridgehead atoms. The van der Waals surface area contributed by atoms with Gasteiger partial charge in [-0.3, -0.25) is 4.57 Å². The second-order valence-corrected chi connectivity index (χ2v) is 12.7. The topological polar surface area (TPSA) is 161 Å². The third kappa shape index (κ3) is 6.38. The predicted molar refractivity (Wildman–Crippen MR) is 161 cm³/mol. The van der Waals surface area contributed by atoms with Crippen molar-refractivity contribution in [1.82, 2.24) is 19.7 Å². The van der Waals surface area contributed by atoms with E-state index in [0.29, 0.717) is 40.5 Å². The lowest BCUT2D eigenvalue weighted by molar-refractivity contribution is 0.201. The molecule has 4 aromatic rings. The zero-order valence-electron chi connectivity index (χ0n) is 23.6. The number of aliphatic hydroxyl groups excluding tert-OH is 1. The van der Waals surface area contributed by atoms with Crippen molar-refractivity contribution < 1.29 is 27.7 Å². The molecule has 1 unspecified atom stereocenters. The van der Waals surface area contributed by atoms with Gasteiger partial charge in [-0.2, -0.15) is 5.26 Å². The molecule has 0 aliphatic heterocycles. The van der Waals surface area contributed by atoms with Crippen LogP contribution in [0, 0.1) is 11.3 Å². The van der Waals surface area contributed by atoms with Gasteiger partial charge in [-0.15, -0.1) is 10.2 Å². The van der Waals surface area contributed by atoms with Crippen LogP contribution in [-0.2, 0) is 9.84 Å². The molecule has 12 nitrogen and oxygen atoms in total. The molecule has 0 radical (unpaired) electrons. The van der Waals surface area contributed by atoms with Crippen LogP contribution in [0.15, 0.2) is 59.5 Å². The summed E-state index contributed by atoms with van der Waals surface area (Å²) < 4.78 is 46.6. The summed E-state index contributed by atoms with van der Waals surface area (Å²) in [6.45, 7) is 1.81. The van der Waals surface area contributed by atoms with Crippen LogP contribution in [0.3, 0.4) is 0 Å². The van der Waals surface area contributed by atoms with Gasteiger partial charge in [0, 0.05) is 23.6 Å². The summed E-state index contributed by atoms with van der Waals surface area (Å²) in [5, 5.41) is 31.1. The van der Waals surface area contributed by atoms with E-state index in [9.17, 15) is 18.8 Å². The molecule has 42 heavy (non-hydrogen) atoms. The van der Waals surface area contributed by atoms with Crippen molar-refractivity contribution in [1.29, 1.82) is 5.26 Å². The molecule has 0 saturated heterocycles. The summed E-state index contributed by atoms with van der Waals surface area (Å²) in [5.41, 5.74) is 1.37. The Kier molecular flexibility index (Phi) is 9.46. The molecule has 2 heterocycles. The van der Waals surface area contributed by atoms with Crippen molar-refractivity contribution in [2.45, 2.75) is 17.9 Å². The van der Waals surface area contributed by atoms with Gasteiger partial charge in [0.1, 0.15) is 22.9 Å². The van der Waals surface area contributed by atoms with E-state index >= 15 is 0 Å². The number of hydrogen-bond donors (Lipinski definition) is 2. The Labute approximate surface area is 246 Å². The molecule has 2 N–H and O–H groups in total. The van der Waals surface area contributed by atoms with Crippen LogP contribution in [0.1, 0.15) is 24.2 Å². The van der Waals surface area contributed by atoms with Gasteiger partial charge in [-0.25, -0.2) is 13.4 Å². The van der Waals surface area contributed by atoms with Gasteiger partial charge >= 0.3 is 0 Å². The molecule has 0 aliphatic carbocycles. The molecular weight excluding hydrogens is 580 g/mol. The first-order valence-electron chi connectivity index (χ1n) is 12.5. The van der Waals surface area contributed by atoms with Crippen molar-refractivity contribution in [3.05, 3.63) is 65.7 Å². The number of aliphatic hydroxyl groups is 1. The van der Waals surface area contributed by atoms with Gasteiger partial charge in [-0.1, -0.05) is 28.9 Å². The lowest BCUT2D eigenvalue weighted by atomic mass is 10.1. The first kappa shape index (κ1) is 30.5. The Morgan fingerprint density at radius 3 is 2.36 bits per heavy atom. The molecule has 2 aromatic heterocycles. The van der Waals surface area contributed by atoms with Crippen molar-refractivity contribution in [3.63, 3.8) is 0 Å². The highest BCUT2D eigenvalue weighted by atomic mass is 32.2. The summed E-state index contributed by atoms with van der Waals surface area (Å²) in [7, 11) is 0.0411. The van der Waals surface area contributed by atoms with E-state index in [1.165, 1.54) is 39.5 Å². The highest BCUT2D eigenvalue weighted by molar-refractivity contribution is 8.16. The predicted octanol–water partition coefficient (Wildman–Crippen LogP) is 3.78. The van der Waals surface area contributed by atoms with Crippen LogP contribution >= 0.6 is 10.7 Å². The fourth-order valence-corrected chi connectivity index (χ4v) is 6.46. The smallest absolute Gasteiger partial charge is 0.239 e. The number of para-hydroxylation sites is 1. The van der Waals surface area contributed by atoms with Crippen LogP contribution in [0.5, 0.6) is 17.4 Å². The number of nitriles is 1. The molecule has 0 saturated carbocycles. The first-order valence-corrected chi connectivity index (χ1v) is 15.9. The van der Waals surface area contributed by atoms with Crippen molar-refractivity contribution in [2.75, 3.05) is 38.1 Å². The number of nitrogens with zero attached hydrogens (tertiary/aromatic N) is 5. The number of sulfone groups is 1. The second-order valence-electron chi connectivity index (χ2n) is 8.84. The third-order valence-electron chi connectivity index (χ3n) is 6.20. The zero-order valence-corrected chi connectivity index (χ0v) is 25.2. The maximum atomic E-state index is 12.5. The van der Waals surface area contributed by atoms with E-state index in [-0.39, 0.29) is 21.8 Å². The van der Waals surface area contributed by atoms with E-state index in [2.05, 4.69) is 19.9 Å². The number of hydrogen-bond acceptors (Lipinski definition) is 11. The average molecular weight is 611 g/mol. The summed E-state index contributed by atoms with van der Waals surface area (Å²) >= 11 is 0. The third-order valence-corrected chi connectivity index (χ3v) is 9.04. The Balaban J connectivity index is 1.80. The number of pyridine rings is 1. The van der Waals surface area contributed by atoms with E-state index in [4.69, 9.17) is 14.2 Å². The van der Waals surface area contributed by atoms with Gasteiger partial charge in [0.15, 0.2) is 15.7 Å². The summed E-state index contributed by atoms with van der Waals surface area (Å²) in [4.78, 5) is 4.43. The molecule has 2 atom stereocenters. The van der Waals surface area contributed by atoms with Crippen molar-refractivity contribution in [3.8, 4) is 40.7 Å². The number of aromatic nitrogens is 4. The minimum Gasteiger partial charge on any atom is -0.494 e. The highest BCUT2D eigenvalue weighted by Gasteiger charge is 2.25. The molecule has 0 spiro atoms. The van der Waals surface area contributed by atoms with Crippen LogP contribution in [0.4, 0.5) is 5.95 Å². The number of nitrogens with one attached hydrogen (secondary N) is 1. The van der Waals surface area contributed by atoms with Gasteiger partial charge in [0.2, 0.25) is 11.8 Å². The average Bonchev–Trinajstić information content (AvgIpc) is 3.42. The molecule has 0 aliphatic rings. The molecule has 0 amide bonds. The van der Waals surface area contributed by atoms with Crippen LogP contribution in [0.25, 0.3) is 17.2 Å². The van der Waals surface area contributed by atoms with Crippen LogP contribution in [0.2, 0.25) is 0 Å². The number of ether oxygens (including phenoxy) is 3. The molecule has 14 heteroatoms. The number of rotatable bonds is 11. The van der Waals surface area contributed by atoms with Crippen molar-refractivity contribution in [2.24, 2.45) is 0 Å². The van der Waals surface area contributed by atoms with Gasteiger partial charge < -0.3 is 24.0 Å². The number of benzene rings is 2. The standard InChI is InChI=1S/C28H30N6O6S2/c1-6-41(17-21(35)19-14-13-18(16-29)15-24(19)42(5,36)37)33-28-32-31-27(20-9-7-12-25(30-20)40-4)34(28)26-22(38-2)10-8-11-23(26)39-3/h6-15,21,35H,17H2,1-5H3,(H,32,33)/t21-,41?/m1/s1. The Morgan fingerprint density at radius 2 is 1.76 bits per heavy atom. The van der Waals surface area contributed by atoms with Gasteiger partial charge in [0.05, 0.1) is 44.0 Å². The van der Waals surface area contributed by atoms with Crippen molar-refractivity contribution >= 4 is 31.8 Å². The monoisotopic (exact) mass is 610 g/mol. The molecule has 4 rings (SSSR count). The largest absolute Gasteiger partial charge is 0.494 e. The maximum absolute atomic E-state index is 12.5. The van der Waals surface area contributed by atoms with E-state index in [1.54, 1.807) is 41.0 Å². The zero-order chi connectivity index (χ0) is 30.4. The fourth-order valence-electron chi connectivity index (χ4n) is 4.21. The first-order chi connectivity index (χ1) is 20.1. The molecule has 2 aromatic carbocycles. The maximum Gasteiger partial charge on any atom is 0.239 e. The SMILES string of the molecule is C/C=S(/C[C@@H](O)c1ccc(C#N)cc1S(C)(=O)=O)Nc1nnc(-c2cccc(OC)n2)n1-c1c(OC)cccc1OC. The Morgan fingerprint density at radius 1 is 1.07 bits per heavy atom. The number of anilines is 1. The van der Waals surface area contributed by atoms with Gasteiger partial charge in [0.25, 0.3) is 0 Å². The van der Waals surface area contributed by atoms with E-state index in [0.717, 1.165) is 6.26 Å². The molecular formula is C28H30N6O6S2. The van der Waals surface area contributed by atoms with Gasteiger partial charge in [-0.05, 0) is 42.6 Å². The summed E-state index contributed by atoms with van der Waals surface area (Å²) in [5.74, 6) is 2.12. The van der Waals surface area contributed by atoms with Crippen LogP contribution in [-0.4, -0.2) is 72.0 Å². The van der Waals surface area contributed by atoms with E-state index in [1.807, 2.05) is 18.4 Å². The molecule has 220 valence electrons. The quantitative estimate of drug-likeness (QED) is 0.238. The van der Waals surface area contributed by atoms with E-state index < -0.39 is 26.6 Å². The minimum atomic E-state index is -3.71. The fraction of sp³-hybridized carbons (Fsp3) is 0.250. The highest BCUT2D eigenvalue weighted by Crippen LogP contribution is 2.39. The Hall–Kier alpha value is -4.45. The molecule has 0 fully saturated rings. The number of methoxy groups -OCH3 is 3. The minimum absolute atomic E-state index is 0.0954. The summed E-state index contributed by atoms with van der Waals surface area (Å²) in [6, 6.07) is 16.8. The lowest BCUT2D eigenvalue weighted by Gasteiger charge is -2.20. The normalized spacial score (nSPS) is 12.8. The Bertz CT molecular complexity index is 1760. The van der Waals surface area contributed by atoms with Crippen LogP contribution < -0.4 is 18.9 Å². The lowest BCUT2D eigenvalue weighted by Crippen LogP contribution is -2.13. The second kappa shape index (κ2) is 13.0. The summed E-state index contributed by atoms with van der Waals surface area (Å²) in [6.07, 6.45) is -0.132.